The molecule has 0 heterocycles. The third-order valence-corrected chi connectivity index (χ3v) is 2.88. The first-order valence-electron chi connectivity index (χ1n) is 5.39. The number of carboxylic acids is 1. The number of urea groups is 1. The van der Waals surface area contributed by atoms with Crippen molar-refractivity contribution in [2.75, 3.05) is 11.9 Å². The second-order valence-corrected chi connectivity index (χ2v) is 4.60. The monoisotopic (exact) mass is 306 g/mol. The number of carbonyl (C=O) groups is 2. The molecule has 1 atom stereocenters. The number of hydrogen-bond acceptors (Lipinski definition) is 4. The quantitative estimate of drug-likeness (QED) is 0.598. The van der Waals surface area contributed by atoms with Crippen molar-refractivity contribution >= 4 is 29.4 Å². The number of aliphatic hydroxyl groups is 1. The molecule has 0 unspecified atom stereocenters. The molecule has 0 aliphatic rings. The molecular formula is C11H12F2N2O4S. The van der Waals surface area contributed by atoms with Gasteiger partial charge in [0.1, 0.15) is 0 Å². The van der Waals surface area contributed by atoms with Crippen molar-refractivity contribution in [2.45, 2.75) is 16.8 Å². The van der Waals surface area contributed by atoms with E-state index in [0.717, 1.165) is 0 Å². The Hall–Kier alpha value is -1.87. The van der Waals surface area contributed by atoms with Crippen LogP contribution in [-0.2, 0) is 4.79 Å². The first-order valence-corrected chi connectivity index (χ1v) is 6.27. The molecule has 0 saturated carbocycles. The number of aliphatic hydroxyl groups excluding tert-OH is 1. The molecule has 6 nitrogen and oxygen atoms in total. The van der Waals surface area contributed by atoms with Crippen molar-refractivity contribution in [3.8, 4) is 0 Å². The predicted octanol–water partition coefficient (Wildman–Crippen LogP) is 1.57. The van der Waals surface area contributed by atoms with Crippen molar-refractivity contribution in [3.05, 3.63) is 24.3 Å². The fraction of sp³-hybridized carbons (Fsp3) is 0.273. The largest absolute Gasteiger partial charge is 0.479 e. The summed E-state index contributed by atoms with van der Waals surface area (Å²) in [4.78, 5) is 22.0. The van der Waals surface area contributed by atoms with Crippen LogP contribution in [0.4, 0.5) is 19.3 Å². The molecule has 0 fully saturated rings. The fourth-order valence-corrected chi connectivity index (χ4v) is 1.81. The highest BCUT2D eigenvalue weighted by Crippen LogP contribution is 2.31. The van der Waals surface area contributed by atoms with Crippen molar-refractivity contribution in [2.24, 2.45) is 0 Å². The summed E-state index contributed by atoms with van der Waals surface area (Å²) in [6.45, 7) is -0.495. The molecular weight excluding hydrogens is 294 g/mol. The van der Waals surface area contributed by atoms with Crippen molar-refractivity contribution in [1.82, 2.24) is 5.32 Å². The summed E-state index contributed by atoms with van der Waals surface area (Å²) in [6.07, 6.45) is -1.73. The lowest BCUT2D eigenvalue weighted by atomic mass is 10.3. The van der Waals surface area contributed by atoms with Gasteiger partial charge in [0.15, 0.2) is 6.10 Å². The minimum atomic E-state index is -2.63. The highest BCUT2D eigenvalue weighted by Gasteiger charge is 2.15. The lowest BCUT2D eigenvalue weighted by Crippen LogP contribution is -2.38. The normalized spacial score (nSPS) is 12.0. The van der Waals surface area contributed by atoms with Gasteiger partial charge in [0.25, 0.3) is 5.76 Å². The summed E-state index contributed by atoms with van der Waals surface area (Å²) in [5.41, 5.74) is 0.167. The molecule has 9 heteroatoms. The topological polar surface area (TPSA) is 98.7 Å². The fourth-order valence-electron chi connectivity index (χ4n) is 1.21. The molecule has 4 N–H and O–H groups in total. The summed E-state index contributed by atoms with van der Waals surface area (Å²) >= 11 is 0.277. The molecule has 0 saturated heterocycles. The first kappa shape index (κ1) is 16.2. The Morgan fingerprint density at radius 3 is 2.55 bits per heavy atom. The smallest absolute Gasteiger partial charge is 0.334 e. The van der Waals surface area contributed by atoms with E-state index in [1.807, 2.05) is 0 Å². The highest BCUT2D eigenvalue weighted by molar-refractivity contribution is 7.99. The van der Waals surface area contributed by atoms with Crippen molar-refractivity contribution in [3.63, 3.8) is 0 Å². The van der Waals surface area contributed by atoms with Gasteiger partial charge < -0.3 is 20.8 Å². The van der Waals surface area contributed by atoms with E-state index in [1.165, 1.54) is 12.1 Å². The summed E-state index contributed by atoms with van der Waals surface area (Å²) in [6, 6.07) is 5.14. The maximum absolute atomic E-state index is 12.3. The van der Waals surface area contributed by atoms with Gasteiger partial charge in [0.2, 0.25) is 0 Å². The van der Waals surface area contributed by atoms with E-state index >= 15 is 0 Å². The van der Waals surface area contributed by atoms with Gasteiger partial charge in [-0.25, -0.2) is 9.59 Å². The minimum absolute atomic E-state index is 0.167. The Kier molecular flexibility index (Phi) is 6.19. The summed E-state index contributed by atoms with van der Waals surface area (Å²) in [5.74, 6) is -4.10. The number of rotatable bonds is 6. The molecule has 0 aliphatic heterocycles. The minimum Gasteiger partial charge on any atom is -0.479 e. The Balaban J connectivity index is 2.59. The molecule has 1 aromatic rings. The van der Waals surface area contributed by atoms with Gasteiger partial charge in [-0.15, -0.1) is 0 Å². The van der Waals surface area contributed by atoms with E-state index in [0.29, 0.717) is 0 Å². The lowest BCUT2D eigenvalue weighted by Gasteiger charge is -2.12. The van der Waals surface area contributed by atoms with Crippen LogP contribution in [0.15, 0.2) is 29.2 Å². The van der Waals surface area contributed by atoms with Crippen molar-refractivity contribution < 1.29 is 28.6 Å². The molecule has 1 aromatic carbocycles. The molecule has 0 radical (unpaired) electrons. The van der Waals surface area contributed by atoms with Gasteiger partial charge in [0, 0.05) is 4.90 Å². The number of anilines is 1. The SMILES string of the molecule is O=C(NC[C@H](O)C(=O)O)Nc1ccccc1SC(F)F. The predicted molar refractivity (Wildman–Crippen MR) is 69.0 cm³/mol. The third-order valence-electron chi connectivity index (χ3n) is 2.09. The maximum atomic E-state index is 12.3. The second kappa shape index (κ2) is 7.65. The van der Waals surface area contributed by atoms with Crippen LogP contribution >= 0.6 is 11.8 Å². The highest BCUT2D eigenvalue weighted by atomic mass is 32.2. The van der Waals surface area contributed by atoms with E-state index in [1.54, 1.807) is 12.1 Å². The lowest BCUT2D eigenvalue weighted by molar-refractivity contribution is -0.146. The van der Waals surface area contributed by atoms with Crippen LogP contribution in [0.2, 0.25) is 0 Å². The van der Waals surface area contributed by atoms with Crippen LogP contribution in [0.3, 0.4) is 0 Å². The van der Waals surface area contributed by atoms with Gasteiger partial charge in [0.05, 0.1) is 12.2 Å². The number of carboxylic acid groups (broad SMARTS) is 1. The van der Waals surface area contributed by atoms with Gasteiger partial charge in [-0.05, 0) is 12.1 Å². The van der Waals surface area contributed by atoms with Gasteiger partial charge in [-0.1, -0.05) is 23.9 Å². The molecule has 2 amide bonds. The van der Waals surface area contributed by atoms with Crippen LogP contribution in [0.1, 0.15) is 0 Å². The molecule has 0 spiro atoms. The van der Waals surface area contributed by atoms with Gasteiger partial charge >= 0.3 is 12.0 Å². The summed E-state index contributed by atoms with van der Waals surface area (Å²) < 4.78 is 24.6. The van der Waals surface area contributed by atoms with E-state index < -0.39 is 30.4 Å². The van der Waals surface area contributed by atoms with Crippen LogP contribution in [0, 0.1) is 0 Å². The number of benzene rings is 1. The van der Waals surface area contributed by atoms with Crippen LogP contribution in [0.5, 0.6) is 0 Å². The molecule has 0 aromatic heterocycles. The first-order chi connectivity index (χ1) is 9.40. The van der Waals surface area contributed by atoms with Crippen LogP contribution < -0.4 is 10.6 Å². The Labute approximate surface area is 117 Å². The summed E-state index contributed by atoms with van der Waals surface area (Å²) in [5, 5.41) is 21.8. The zero-order valence-corrected chi connectivity index (χ0v) is 10.9. The standard InChI is InChI=1S/C11H12F2N2O4S/c12-10(13)20-8-4-2-1-3-6(8)15-11(19)14-5-7(16)9(17)18/h1-4,7,10,16H,5H2,(H,17,18)(H2,14,15,19)/t7-/m0/s1. The second-order valence-electron chi connectivity index (χ2n) is 3.56. The average Bonchev–Trinajstić information content (AvgIpc) is 2.37. The average molecular weight is 306 g/mol. The number of aliphatic carboxylic acids is 1. The molecule has 1 rings (SSSR count). The Morgan fingerprint density at radius 2 is 1.95 bits per heavy atom. The number of hydrogen-bond donors (Lipinski definition) is 4. The molecule has 0 bridgehead atoms. The van der Waals surface area contributed by atoms with Gasteiger partial charge in [-0.3, -0.25) is 0 Å². The van der Waals surface area contributed by atoms with E-state index in [-0.39, 0.29) is 22.3 Å². The number of amides is 2. The summed E-state index contributed by atoms with van der Waals surface area (Å²) in [7, 11) is 0. The van der Waals surface area contributed by atoms with Crippen LogP contribution in [-0.4, -0.2) is 40.6 Å². The molecule has 0 aliphatic carbocycles. The van der Waals surface area contributed by atoms with E-state index in [4.69, 9.17) is 10.2 Å². The Morgan fingerprint density at radius 1 is 1.30 bits per heavy atom. The number of carbonyl (C=O) groups excluding carboxylic acids is 1. The number of alkyl halides is 2. The molecule has 20 heavy (non-hydrogen) atoms. The number of para-hydroxylation sites is 1. The number of thioether (sulfide) groups is 1. The molecule has 110 valence electrons. The zero-order chi connectivity index (χ0) is 15.1. The Bertz CT molecular complexity index is 487. The van der Waals surface area contributed by atoms with Gasteiger partial charge in [-0.2, -0.15) is 8.78 Å². The third kappa shape index (κ3) is 5.41. The van der Waals surface area contributed by atoms with Crippen molar-refractivity contribution in [1.29, 1.82) is 0 Å². The number of nitrogens with one attached hydrogen (secondary N) is 2. The number of halogens is 2. The maximum Gasteiger partial charge on any atom is 0.334 e. The van der Waals surface area contributed by atoms with E-state index in [9.17, 15) is 18.4 Å². The van der Waals surface area contributed by atoms with E-state index in [2.05, 4.69) is 10.6 Å². The van der Waals surface area contributed by atoms with Crippen LogP contribution in [0.25, 0.3) is 0 Å². The zero-order valence-electron chi connectivity index (χ0n) is 10.0.